The molecule has 236 valence electrons. The molecule has 0 N–H and O–H groups in total. The van der Waals surface area contributed by atoms with Crippen molar-refractivity contribution in [3.05, 3.63) is 109 Å². The fourth-order valence-corrected chi connectivity index (χ4v) is 6.12. The van der Waals surface area contributed by atoms with Crippen molar-refractivity contribution in [2.24, 2.45) is 0 Å². The number of benzene rings is 4. The van der Waals surface area contributed by atoms with Gasteiger partial charge in [0, 0.05) is 40.3 Å². The first-order valence-corrected chi connectivity index (χ1v) is 15.8. The van der Waals surface area contributed by atoms with Crippen molar-refractivity contribution >= 4 is 56.8 Å². The molecule has 9 heteroatoms. The Bertz CT molecular complexity index is 1820. The van der Waals surface area contributed by atoms with Crippen molar-refractivity contribution in [2.75, 3.05) is 46.8 Å². The molecule has 0 radical (unpaired) electrons. The molecule has 2 heterocycles. The summed E-state index contributed by atoms with van der Waals surface area (Å²) in [5, 5.41) is 0. The third-order valence-electron chi connectivity index (χ3n) is 7.96. The van der Waals surface area contributed by atoms with Crippen LogP contribution < -0.4 is 18.9 Å². The van der Waals surface area contributed by atoms with Crippen molar-refractivity contribution in [2.45, 2.75) is 13.0 Å². The average molecular weight is 699 g/mol. The van der Waals surface area contributed by atoms with Crippen LogP contribution in [0.1, 0.15) is 6.42 Å². The van der Waals surface area contributed by atoms with Gasteiger partial charge < -0.3 is 18.9 Å². The van der Waals surface area contributed by atoms with Crippen LogP contribution in [-0.4, -0.2) is 55.1 Å². The molecule has 6 rings (SSSR count). The van der Waals surface area contributed by atoms with E-state index >= 15 is 0 Å². The molecule has 0 saturated heterocycles. The number of rotatable bonds is 11. The molecule has 4 aromatic carbocycles. The van der Waals surface area contributed by atoms with Gasteiger partial charge in [0.15, 0.2) is 18.9 Å². The van der Waals surface area contributed by atoms with E-state index in [1.54, 1.807) is 14.2 Å². The first-order valence-electron chi connectivity index (χ1n) is 15.1. The number of aromatic nitrogens is 3. The predicted molar refractivity (Wildman–Crippen MR) is 194 cm³/mol. The van der Waals surface area contributed by atoms with Crippen molar-refractivity contribution in [3.8, 4) is 33.8 Å². The summed E-state index contributed by atoms with van der Waals surface area (Å²) in [4.78, 5) is 2.22. The Morgan fingerprint density at radius 3 is 1.50 bits per heavy atom. The number of quaternary nitrogens is 1. The SMILES string of the molecule is Br.COc1ccc(N(c2ccc(OC)cc2)c2ccc(-c3ccc(-c4cc[n+](CCC[N+](C)(C)C)cc4)c4nsnc34)cc2)cc1. The number of hydrogen-bond acceptors (Lipinski definition) is 6. The van der Waals surface area contributed by atoms with Crippen molar-refractivity contribution in [1.82, 2.24) is 8.75 Å². The highest BCUT2D eigenvalue weighted by Crippen LogP contribution is 2.39. The maximum absolute atomic E-state index is 5.40. The fraction of sp³-hybridized carbons (Fsp3) is 0.216. The van der Waals surface area contributed by atoms with Gasteiger partial charge in [0.2, 0.25) is 0 Å². The van der Waals surface area contributed by atoms with E-state index in [1.165, 1.54) is 11.7 Å². The largest absolute Gasteiger partial charge is 0.497 e. The second-order valence-electron chi connectivity index (χ2n) is 12.1. The Morgan fingerprint density at radius 2 is 1.07 bits per heavy atom. The van der Waals surface area contributed by atoms with E-state index in [4.69, 9.17) is 18.2 Å². The van der Waals surface area contributed by atoms with Gasteiger partial charge in [-0.3, -0.25) is 0 Å². The fourth-order valence-electron chi connectivity index (χ4n) is 5.55. The summed E-state index contributed by atoms with van der Waals surface area (Å²) >= 11 is 1.26. The van der Waals surface area contributed by atoms with Gasteiger partial charge >= 0.3 is 0 Å². The average Bonchev–Trinajstić information content (AvgIpc) is 3.56. The van der Waals surface area contributed by atoms with Crippen molar-refractivity contribution < 1.29 is 18.5 Å². The number of aryl methyl sites for hydroxylation is 1. The number of halogens is 1. The van der Waals surface area contributed by atoms with Crippen LogP contribution in [0.5, 0.6) is 11.5 Å². The first kappa shape index (κ1) is 33.1. The zero-order valence-corrected chi connectivity index (χ0v) is 29.4. The number of hydrogen-bond donors (Lipinski definition) is 0. The molecule has 0 aliphatic heterocycles. The van der Waals surface area contributed by atoms with Crippen molar-refractivity contribution in [3.63, 3.8) is 0 Å². The maximum Gasteiger partial charge on any atom is 0.169 e. The summed E-state index contributed by atoms with van der Waals surface area (Å²) in [5.74, 6) is 1.64. The quantitative estimate of drug-likeness (QED) is 0.100. The number of anilines is 3. The second kappa shape index (κ2) is 14.4. The van der Waals surface area contributed by atoms with Gasteiger partial charge in [0.25, 0.3) is 0 Å². The Balaban J connectivity index is 0.00000417. The van der Waals surface area contributed by atoms with E-state index in [2.05, 4.69) is 116 Å². The Labute approximate surface area is 286 Å². The summed E-state index contributed by atoms with van der Waals surface area (Å²) in [6, 6.07) is 33.5. The molecule has 46 heavy (non-hydrogen) atoms. The van der Waals surface area contributed by atoms with Crippen LogP contribution >= 0.6 is 28.7 Å². The van der Waals surface area contributed by atoms with Crippen LogP contribution in [-0.2, 0) is 6.54 Å². The van der Waals surface area contributed by atoms with Gasteiger partial charge in [-0.15, -0.1) is 17.0 Å². The smallest absolute Gasteiger partial charge is 0.169 e. The third-order valence-corrected chi connectivity index (χ3v) is 8.49. The highest BCUT2D eigenvalue weighted by atomic mass is 79.9. The van der Waals surface area contributed by atoms with Crippen LogP contribution in [0, 0.1) is 0 Å². The topological polar surface area (TPSA) is 51.4 Å². The van der Waals surface area contributed by atoms with Gasteiger partial charge in [-0.2, -0.15) is 8.75 Å². The first-order chi connectivity index (χ1) is 21.8. The van der Waals surface area contributed by atoms with Gasteiger partial charge in [0.1, 0.15) is 22.5 Å². The number of pyridine rings is 1. The number of fused-ring (bicyclic) bond motifs is 1. The molecule has 0 aliphatic rings. The van der Waals surface area contributed by atoms with E-state index in [9.17, 15) is 0 Å². The van der Waals surface area contributed by atoms with E-state index in [-0.39, 0.29) is 17.0 Å². The lowest BCUT2D eigenvalue weighted by Crippen LogP contribution is -2.39. The van der Waals surface area contributed by atoms with Crippen LogP contribution in [0.25, 0.3) is 33.3 Å². The molecule has 0 bridgehead atoms. The van der Waals surface area contributed by atoms with E-state index in [1.807, 2.05) is 24.3 Å². The lowest BCUT2D eigenvalue weighted by molar-refractivity contribution is -0.873. The van der Waals surface area contributed by atoms with Gasteiger partial charge in [-0.1, -0.05) is 24.3 Å². The van der Waals surface area contributed by atoms with E-state index in [0.29, 0.717) is 0 Å². The lowest BCUT2D eigenvalue weighted by atomic mass is 9.98. The normalized spacial score (nSPS) is 11.2. The van der Waals surface area contributed by atoms with Crippen LogP contribution in [0.3, 0.4) is 0 Å². The molecule has 6 aromatic rings. The maximum atomic E-state index is 5.40. The molecular formula is C37H40BrN5O2S+2. The summed E-state index contributed by atoms with van der Waals surface area (Å²) in [5.41, 5.74) is 9.36. The number of ether oxygens (including phenoxy) is 2. The monoisotopic (exact) mass is 697 g/mol. The summed E-state index contributed by atoms with van der Waals surface area (Å²) in [6.07, 6.45) is 5.47. The van der Waals surface area contributed by atoms with Gasteiger partial charge in [-0.05, 0) is 71.8 Å². The summed E-state index contributed by atoms with van der Waals surface area (Å²) in [6.45, 7) is 2.15. The summed E-state index contributed by atoms with van der Waals surface area (Å²) < 4.78 is 23.5. The minimum absolute atomic E-state index is 0. The molecule has 0 spiro atoms. The van der Waals surface area contributed by atoms with E-state index in [0.717, 1.165) is 85.8 Å². The van der Waals surface area contributed by atoms with E-state index < -0.39 is 0 Å². The molecule has 0 saturated carbocycles. The zero-order chi connectivity index (χ0) is 31.4. The van der Waals surface area contributed by atoms with Crippen LogP contribution in [0.2, 0.25) is 0 Å². The van der Waals surface area contributed by atoms with Crippen molar-refractivity contribution in [1.29, 1.82) is 0 Å². The van der Waals surface area contributed by atoms with Gasteiger partial charge in [-0.25, -0.2) is 4.57 Å². The number of nitrogens with zero attached hydrogens (tertiary/aromatic N) is 5. The standard InChI is InChI=1S/C37H39N5O2S.BrH/c1-42(2,3)26-6-23-40-24-21-28(22-25-40)35-20-19-34(36-37(35)39-45-38-36)27-7-9-29(10-8-27)41(30-11-15-32(43-4)16-12-30)31-13-17-33(44-5)18-14-31;/h7-22,24-25H,6,23,26H2,1-5H3;1H/q+2;. The Kier molecular flexibility index (Phi) is 10.4. The number of methoxy groups -OCH3 is 2. The predicted octanol–water partition coefficient (Wildman–Crippen LogP) is 8.47. The third kappa shape index (κ3) is 7.39. The molecule has 0 atom stereocenters. The molecular weight excluding hydrogens is 658 g/mol. The van der Waals surface area contributed by atoms with Crippen LogP contribution in [0.4, 0.5) is 17.1 Å². The highest BCUT2D eigenvalue weighted by molar-refractivity contribution is 8.93. The molecule has 0 aliphatic carbocycles. The second-order valence-corrected chi connectivity index (χ2v) is 12.6. The highest BCUT2D eigenvalue weighted by Gasteiger charge is 2.17. The summed E-state index contributed by atoms with van der Waals surface area (Å²) in [7, 11) is 10.1. The molecule has 0 amide bonds. The van der Waals surface area contributed by atoms with Gasteiger partial charge in [0.05, 0.1) is 60.1 Å². The minimum atomic E-state index is 0. The molecule has 0 fully saturated rings. The lowest BCUT2D eigenvalue weighted by Gasteiger charge is -2.26. The Morgan fingerprint density at radius 1 is 0.630 bits per heavy atom. The molecule has 7 nitrogen and oxygen atoms in total. The molecule has 2 aromatic heterocycles. The minimum Gasteiger partial charge on any atom is -0.497 e. The molecule has 0 unspecified atom stereocenters. The zero-order valence-electron chi connectivity index (χ0n) is 26.9. The Hall–Kier alpha value is -4.31. The van der Waals surface area contributed by atoms with Crippen LogP contribution in [0.15, 0.2) is 109 Å².